The van der Waals surface area contributed by atoms with E-state index in [2.05, 4.69) is 23.6 Å². The number of rotatable bonds is 3. The quantitative estimate of drug-likeness (QED) is 0.683. The van der Waals surface area contributed by atoms with Gasteiger partial charge in [0.25, 0.3) is 0 Å². The fourth-order valence-corrected chi connectivity index (χ4v) is 2.97. The van der Waals surface area contributed by atoms with Crippen LogP contribution >= 0.6 is 11.3 Å². The summed E-state index contributed by atoms with van der Waals surface area (Å²) in [5, 5.41) is 11.4. The number of hydrogen-bond acceptors (Lipinski definition) is 3. The average molecular weight is 291 g/mol. The van der Waals surface area contributed by atoms with Crippen LogP contribution in [0.2, 0.25) is 0 Å². The minimum atomic E-state index is 0.681. The van der Waals surface area contributed by atoms with Crippen molar-refractivity contribution in [2.75, 3.05) is 7.11 Å². The Hall–Kier alpha value is -2.57. The van der Waals surface area contributed by atoms with Gasteiger partial charge in [0.05, 0.1) is 18.7 Å². The number of hydrogen-bond donors (Lipinski definition) is 0. The summed E-state index contributed by atoms with van der Waals surface area (Å²) in [7, 11) is 1.65. The van der Waals surface area contributed by atoms with Gasteiger partial charge in [0.15, 0.2) is 0 Å². The lowest BCUT2D eigenvalue weighted by molar-refractivity contribution is 0.415. The Labute approximate surface area is 127 Å². The zero-order chi connectivity index (χ0) is 14.7. The highest BCUT2D eigenvalue weighted by Gasteiger charge is 2.08. The molecule has 0 unspecified atom stereocenters. The van der Waals surface area contributed by atoms with E-state index in [0.717, 1.165) is 22.4 Å². The van der Waals surface area contributed by atoms with Gasteiger partial charge in [0.2, 0.25) is 0 Å². The summed E-state index contributed by atoms with van der Waals surface area (Å²) in [6, 6.07) is 20.1. The van der Waals surface area contributed by atoms with E-state index in [1.54, 1.807) is 18.4 Å². The summed E-state index contributed by atoms with van der Waals surface area (Å²) >= 11 is 1.70. The molecule has 0 bridgehead atoms. The zero-order valence-electron chi connectivity index (χ0n) is 11.5. The first-order valence-corrected chi connectivity index (χ1v) is 7.42. The van der Waals surface area contributed by atoms with Crippen molar-refractivity contribution in [1.29, 1.82) is 5.26 Å². The maximum absolute atomic E-state index is 9.33. The molecule has 0 aliphatic carbocycles. The topological polar surface area (TPSA) is 33.0 Å². The molecular weight excluding hydrogens is 278 g/mol. The van der Waals surface area contributed by atoms with Crippen LogP contribution in [0.4, 0.5) is 0 Å². The second kappa shape index (κ2) is 5.82. The van der Waals surface area contributed by atoms with Gasteiger partial charge in [-0.25, -0.2) is 0 Å². The molecule has 3 rings (SSSR count). The van der Waals surface area contributed by atoms with Crippen LogP contribution in [0.3, 0.4) is 0 Å². The molecule has 0 aliphatic heterocycles. The maximum atomic E-state index is 9.33. The molecule has 21 heavy (non-hydrogen) atoms. The van der Waals surface area contributed by atoms with Crippen LogP contribution in [0, 0.1) is 11.3 Å². The number of nitriles is 1. The Morgan fingerprint density at radius 1 is 1.00 bits per heavy atom. The Kier molecular flexibility index (Phi) is 3.72. The molecule has 0 N–H and O–H groups in total. The molecule has 1 heterocycles. The SMILES string of the molecule is COc1ccc(-c2cc(-c3cccs3)ccc2C#N)cc1. The third kappa shape index (κ3) is 2.67. The van der Waals surface area contributed by atoms with Crippen LogP contribution in [0.5, 0.6) is 5.75 Å². The first-order chi connectivity index (χ1) is 10.3. The number of thiophene rings is 1. The Balaban J connectivity index is 2.10. The summed E-state index contributed by atoms with van der Waals surface area (Å²) in [5.74, 6) is 0.812. The van der Waals surface area contributed by atoms with Crippen LogP contribution in [-0.2, 0) is 0 Å². The molecule has 0 atom stereocenters. The Morgan fingerprint density at radius 3 is 2.38 bits per heavy atom. The summed E-state index contributed by atoms with van der Waals surface area (Å²) < 4.78 is 5.18. The lowest BCUT2D eigenvalue weighted by Gasteiger charge is -2.08. The first-order valence-electron chi connectivity index (χ1n) is 6.54. The van der Waals surface area contributed by atoms with Crippen LogP contribution in [0.15, 0.2) is 60.0 Å². The molecule has 0 saturated heterocycles. The van der Waals surface area contributed by atoms with Gasteiger partial charge in [-0.1, -0.05) is 24.3 Å². The normalized spacial score (nSPS) is 10.1. The van der Waals surface area contributed by atoms with E-state index < -0.39 is 0 Å². The molecule has 3 aromatic rings. The predicted molar refractivity (Wildman–Crippen MR) is 86.5 cm³/mol. The molecule has 0 radical (unpaired) electrons. The fourth-order valence-electron chi connectivity index (χ4n) is 2.25. The minimum Gasteiger partial charge on any atom is -0.497 e. The van der Waals surface area contributed by atoms with Gasteiger partial charge in [-0.3, -0.25) is 0 Å². The number of nitrogens with zero attached hydrogens (tertiary/aromatic N) is 1. The monoisotopic (exact) mass is 291 g/mol. The summed E-state index contributed by atoms with van der Waals surface area (Å²) in [5.41, 5.74) is 3.78. The zero-order valence-corrected chi connectivity index (χ0v) is 12.4. The standard InChI is InChI=1S/C18H13NOS/c1-20-16-8-6-13(7-9-16)17-11-14(4-5-15(17)12-19)18-3-2-10-21-18/h2-11H,1H3. The highest BCUT2D eigenvalue weighted by molar-refractivity contribution is 7.13. The van der Waals surface area contributed by atoms with Crippen molar-refractivity contribution in [2.24, 2.45) is 0 Å². The van der Waals surface area contributed by atoms with Crippen molar-refractivity contribution in [3.8, 4) is 33.4 Å². The number of ether oxygens (including phenoxy) is 1. The average Bonchev–Trinajstić information content (AvgIpc) is 3.09. The fraction of sp³-hybridized carbons (Fsp3) is 0.0556. The molecule has 0 fully saturated rings. The van der Waals surface area contributed by atoms with Crippen molar-refractivity contribution < 1.29 is 4.74 Å². The molecule has 0 saturated carbocycles. The maximum Gasteiger partial charge on any atom is 0.118 e. The van der Waals surface area contributed by atoms with Crippen molar-refractivity contribution in [2.45, 2.75) is 0 Å². The van der Waals surface area contributed by atoms with Gasteiger partial charge in [-0.15, -0.1) is 11.3 Å². The van der Waals surface area contributed by atoms with Gasteiger partial charge >= 0.3 is 0 Å². The van der Waals surface area contributed by atoms with Crippen LogP contribution in [-0.4, -0.2) is 7.11 Å². The summed E-state index contributed by atoms with van der Waals surface area (Å²) in [6.07, 6.45) is 0. The van der Waals surface area contributed by atoms with Gasteiger partial charge in [0.1, 0.15) is 5.75 Å². The van der Waals surface area contributed by atoms with Crippen LogP contribution in [0.1, 0.15) is 5.56 Å². The van der Waals surface area contributed by atoms with E-state index >= 15 is 0 Å². The first kappa shape index (κ1) is 13.4. The second-order valence-electron chi connectivity index (χ2n) is 4.58. The molecule has 3 heteroatoms. The van der Waals surface area contributed by atoms with E-state index in [1.807, 2.05) is 42.5 Å². The highest BCUT2D eigenvalue weighted by atomic mass is 32.1. The minimum absolute atomic E-state index is 0.681. The highest BCUT2D eigenvalue weighted by Crippen LogP contribution is 2.32. The molecule has 2 nitrogen and oxygen atoms in total. The molecular formula is C18H13NOS. The molecule has 0 amide bonds. The third-order valence-electron chi connectivity index (χ3n) is 3.35. The molecule has 2 aromatic carbocycles. The third-order valence-corrected chi connectivity index (χ3v) is 4.27. The van der Waals surface area contributed by atoms with Gasteiger partial charge in [-0.2, -0.15) is 5.26 Å². The molecule has 0 spiro atoms. The number of methoxy groups -OCH3 is 1. The van der Waals surface area contributed by atoms with Gasteiger partial charge < -0.3 is 4.74 Å². The van der Waals surface area contributed by atoms with Crippen molar-refractivity contribution in [3.05, 3.63) is 65.5 Å². The van der Waals surface area contributed by atoms with E-state index in [9.17, 15) is 5.26 Å². The van der Waals surface area contributed by atoms with E-state index in [-0.39, 0.29) is 0 Å². The Bertz CT molecular complexity index is 783. The molecule has 1 aromatic heterocycles. The summed E-state index contributed by atoms with van der Waals surface area (Å²) in [4.78, 5) is 1.20. The van der Waals surface area contributed by atoms with Crippen molar-refractivity contribution >= 4 is 11.3 Å². The van der Waals surface area contributed by atoms with Crippen LogP contribution < -0.4 is 4.74 Å². The lowest BCUT2D eigenvalue weighted by atomic mass is 9.97. The lowest BCUT2D eigenvalue weighted by Crippen LogP contribution is -1.87. The Morgan fingerprint density at radius 2 is 1.76 bits per heavy atom. The second-order valence-corrected chi connectivity index (χ2v) is 5.53. The molecule has 102 valence electrons. The summed E-state index contributed by atoms with van der Waals surface area (Å²) in [6.45, 7) is 0. The molecule has 0 aliphatic rings. The van der Waals surface area contributed by atoms with Crippen LogP contribution in [0.25, 0.3) is 21.6 Å². The van der Waals surface area contributed by atoms with Gasteiger partial charge in [0, 0.05) is 10.4 Å². The number of benzene rings is 2. The van der Waals surface area contributed by atoms with E-state index in [1.165, 1.54) is 4.88 Å². The van der Waals surface area contributed by atoms with E-state index in [0.29, 0.717) is 5.56 Å². The van der Waals surface area contributed by atoms with E-state index in [4.69, 9.17) is 4.74 Å². The van der Waals surface area contributed by atoms with Gasteiger partial charge in [-0.05, 0) is 46.8 Å². The van der Waals surface area contributed by atoms with Crippen molar-refractivity contribution in [1.82, 2.24) is 0 Å². The predicted octanol–water partition coefficient (Wildman–Crippen LogP) is 4.96. The largest absolute Gasteiger partial charge is 0.497 e. The van der Waals surface area contributed by atoms with Crippen molar-refractivity contribution in [3.63, 3.8) is 0 Å². The smallest absolute Gasteiger partial charge is 0.118 e.